The number of rotatable bonds is 8. The number of thioether (sulfide) groups is 1. The molecule has 1 heterocycles. The average molecular weight is 395 g/mol. The molecule has 0 saturated heterocycles. The fourth-order valence-corrected chi connectivity index (χ4v) is 4.11. The van der Waals surface area contributed by atoms with Gasteiger partial charge in [-0.1, -0.05) is 41.9 Å². The summed E-state index contributed by atoms with van der Waals surface area (Å²) >= 11 is 7.47. The zero-order valence-corrected chi connectivity index (χ0v) is 17.0. The summed E-state index contributed by atoms with van der Waals surface area (Å²) in [5.41, 5.74) is 1.39. The number of hydrogen-bond acceptors (Lipinski definition) is 6. The van der Waals surface area contributed by atoms with E-state index in [9.17, 15) is 9.70 Å². The van der Waals surface area contributed by atoms with Gasteiger partial charge in [-0.25, -0.2) is 0 Å². The summed E-state index contributed by atoms with van der Waals surface area (Å²) in [6, 6.07) is 4.53. The molecule has 140 valence electrons. The van der Waals surface area contributed by atoms with Gasteiger partial charge in [0.25, 0.3) is 0 Å². The number of allylic oxidation sites excluding steroid dienone is 2. The van der Waals surface area contributed by atoms with Crippen LogP contribution >= 0.6 is 23.4 Å². The number of methoxy groups -OCH3 is 1. The maximum atomic E-state index is 12.8. The molecule has 0 saturated carbocycles. The van der Waals surface area contributed by atoms with E-state index in [4.69, 9.17) is 16.3 Å². The van der Waals surface area contributed by atoms with Crippen molar-refractivity contribution in [2.75, 3.05) is 13.7 Å². The van der Waals surface area contributed by atoms with E-state index in [1.165, 1.54) is 18.9 Å². The fraction of sp³-hybridized carbons (Fsp3) is 0.421. The molecule has 0 amide bonds. The van der Waals surface area contributed by atoms with Crippen molar-refractivity contribution in [3.05, 3.63) is 55.4 Å². The van der Waals surface area contributed by atoms with E-state index in [1.54, 1.807) is 31.2 Å². The molecule has 5 nitrogen and oxygen atoms in total. The van der Waals surface area contributed by atoms with Crippen LogP contribution in [0.3, 0.4) is 0 Å². The van der Waals surface area contributed by atoms with Crippen LogP contribution in [0, 0.1) is 4.91 Å². The van der Waals surface area contributed by atoms with E-state index in [1.807, 2.05) is 6.92 Å². The van der Waals surface area contributed by atoms with Gasteiger partial charge in [-0.2, -0.15) is 4.91 Å². The molecule has 2 rings (SSSR count). The van der Waals surface area contributed by atoms with Crippen molar-refractivity contribution >= 4 is 29.1 Å². The highest BCUT2D eigenvalue weighted by atomic mass is 35.5. The molecule has 0 radical (unpaired) electrons. The summed E-state index contributed by atoms with van der Waals surface area (Å²) in [4.78, 5) is 26.8. The Bertz CT molecular complexity index is 761. The normalized spacial score (nSPS) is 17.0. The first-order chi connectivity index (χ1) is 12.4. The first-order valence-electron chi connectivity index (χ1n) is 8.51. The highest BCUT2D eigenvalue weighted by molar-refractivity contribution is 8.07. The summed E-state index contributed by atoms with van der Waals surface area (Å²) in [6.07, 6.45) is 3.61. The van der Waals surface area contributed by atoms with Gasteiger partial charge >= 0.3 is 0 Å². The average Bonchev–Trinajstić information content (AvgIpc) is 2.94. The summed E-state index contributed by atoms with van der Waals surface area (Å²) in [5.74, 6) is 0.293. The van der Waals surface area contributed by atoms with Crippen molar-refractivity contribution in [3.63, 3.8) is 0 Å². The molecule has 1 aromatic carbocycles. The Hall–Kier alpha value is -1.79. The van der Waals surface area contributed by atoms with Crippen molar-refractivity contribution in [2.45, 2.75) is 39.7 Å². The first kappa shape index (κ1) is 20.5. The van der Waals surface area contributed by atoms with Gasteiger partial charge in [0.05, 0.1) is 17.7 Å². The lowest BCUT2D eigenvalue weighted by Gasteiger charge is -2.21. The molecule has 0 spiro atoms. The number of unbranched alkanes of at least 4 members (excludes halogenated alkanes) is 1. The van der Waals surface area contributed by atoms with Crippen molar-refractivity contribution in [1.82, 2.24) is 4.90 Å². The van der Waals surface area contributed by atoms with Crippen LogP contribution in [0.4, 0.5) is 0 Å². The second kappa shape index (κ2) is 9.24. The molecule has 1 aliphatic rings. The Morgan fingerprint density at radius 2 is 2.19 bits per heavy atom. The number of benzene rings is 1. The van der Waals surface area contributed by atoms with Crippen LogP contribution in [0.1, 0.15) is 44.0 Å². The monoisotopic (exact) mass is 394 g/mol. The Balaban J connectivity index is 2.37. The summed E-state index contributed by atoms with van der Waals surface area (Å²) < 4.78 is 5.28. The van der Waals surface area contributed by atoms with Crippen molar-refractivity contribution in [2.24, 2.45) is 5.18 Å². The molecule has 0 aliphatic carbocycles. The lowest BCUT2D eigenvalue weighted by molar-refractivity contribution is 0.104. The van der Waals surface area contributed by atoms with Crippen LogP contribution in [0.15, 0.2) is 45.1 Å². The van der Waals surface area contributed by atoms with Gasteiger partial charge in [0.2, 0.25) is 0 Å². The SMILES string of the molecule is CCCCN1C(=CC(=O)c2cc(Cl)ccc2OC)SC(C(C)N=O)=C1C. The molecule has 1 aliphatic heterocycles. The van der Waals surface area contributed by atoms with Crippen LogP contribution in [0.25, 0.3) is 0 Å². The Labute approximate surface area is 163 Å². The molecule has 0 aromatic heterocycles. The number of carbonyl (C=O) groups excluding carboxylic acids is 1. The molecule has 0 bridgehead atoms. The van der Waals surface area contributed by atoms with E-state index < -0.39 is 6.04 Å². The number of nitroso groups, excluding NO2 is 1. The van der Waals surface area contributed by atoms with Gasteiger partial charge in [-0.15, -0.1) is 0 Å². The minimum Gasteiger partial charge on any atom is -0.496 e. The van der Waals surface area contributed by atoms with E-state index in [-0.39, 0.29) is 5.78 Å². The van der Waals surface area contributed by atoms with E-state index in [0.717, 1.165) is 35.0 Å². The maximum Gasteiger partial charge on any atom is 0.192 e. The number of hydrogen-bond donors (Lipinski definition) is 0. The highest BCUT2D eigenvalue weighted by Crippen LogP contribution is 2.43. The van der Waals surface area contributed by atoms with Crippen molar-refractivity contribution in [3.8, 4) is 5.75 Å². The van der Waals surface area contributed by atoms with E-state index >= 15 is 0 Å². The van der Waals surface area contributed by atoms with Gasteiger partial charge < -0.3 is 9.64 Å². The topological polar surface area (TPSA) is 59.0 Å². The summed E-state index contributed by atoms with van der Waals surface area (Å²) in [7, 11) is 1.52. The van der Waals surface area contributed by atoms with Crippen LogP contribution in [-0.4, -0.2) is 30.4 Å². The van der Waals surface area contributed by atoms with Crippen LogP contribution in [0.2, 0.25) is 5.02 Å². The molecule has 1 aromatic rings. The quantitative estimate of drug-likeness (QED) is 0.326. The van der Waals surface area contributed by atoms with Crippen LogP contribution in [0.5, 0.6) is 5.75 Å². The zero-order valence-electron chi connectivity index (χ0n) is 15.4. The van der Waals surface area contributed by atoms with Gasteiger partial charge in [0, 0.05) is 28.2 Å². The van der Waals surface area contributed by atoms with Crippen molar-refractivity contribution in [1.29, 1.82) is 0 Å². The molecule has 0 fully saturated rings. The Morgan fingerprint density at radius 1 is 1.46 bits per heavy atom. The second-order valence-electron chi connectivity index (χ2n) is 6.03. The first-order valence-corrected chi connectivity index (χ1v) is 9.70. The predicted octanol–water partition coefficient (Wildman–Crippen LogP) is 5.61. The van der Waals surface area contributed by atoms with Crippen LogP contribution in [-0.2, 0) is 0 Å². The molecular weight excluding hydrogens is 372 g/mol. The van der Waals surface area contributed by atoms with Gasteiger partial charge in [0.15, 0.2) is 5.78 Å². The minimum atomic E-state index is -0.439. The number of carbonyl (C=O) groups is 1. The van der Waals surface area contributed by atoms with E-state index in [0.29, 0.717) is 16.3 Å². The minimum absolute atomic E-state index is 0.186. The predicted molar refractivity (Wildman–Crippen MR) is 108 cm³/mol. The zero-order chi connectivity index (χ0) is 19.3. The van der Waals surface area contributed by atoms with Gasteiger partial charge in [-0.3, -0.25) is 4.79 Å². The Morgan fingerprint density at radius 3 is 2.81 bits per heavy atom. The van der Waals surface area contributed by atoms with Gasteiger partial charge in [-0.05, 0) is 38.5 Å². The third kappa shape index (κ3) is 4.48. The molecule has 7 heteroatoms. The highest BCUT2D eigenvalue weighted by Gasteiger charge is 2.29. The number of halogens is 1. The van der Waals surface area contributed by atoms with Crippen LogP contribution < -0.4 is 4.74 Å². The molecule has 26 heavy (non-hydrogen) atoms. The number of ketones is 1. The third-order valence-corrected chi connectivity index (χ3v) is 5.84. The molecule has 0 N–H and O–H groups in total. The summed E-state index contributed by atoms with van der Waals surface area (Å²) in [6.45, 7) is 6.63. The summed E-state index contributed by atoms with van der Waals surface area (Å²) in [5, 5.41) is 4.42. The van der Waals surface area contributed by atoms with Gasteiger partial charge in [0.1, 0.15) is 11.8 Å². The van der Waals surface area contributed by atoms with E-state index in [2.05, 4.69) is 17.0 Å². The van der Waals surface area contributed by atoms with Crippen molar-refractivity contribution < 1.29 is 9.53 Å². The number of ether oxygens (including phenoxy) is 1. The second-order valence-corrected chi connectivity index (χ2v) is 7.53. The lowest BCUT2D eigenvalue weighted by atomic mass is 10.1. The molecular formula is C19H23ClN2O3S. The maximum absolute atomic E-state index is 12.8. The Kier molecular flexibility index (Phi) is 7.29. The largest absolute Gasteiger partial charge is 0.496 e. The lowest BCUT2D eigenvalue weighted by Crippen LogP contribution is -2.19. The molecule has 1 atom stereocenters. The molecule has 1 unspecified atom stereocenters. The third-order valence-electron chi connectivity index (χ3n) is 4.20. The number of nitrogens with zero attached hydrogens (tertiary/aromatic N) is 2. The smallest absolute Gasteiger partial charge is 0.192 e. The fourth-order valence-electron chi connectivity index (χ4n) is 2.74. The standard InChI is InChI=1S/C19H23ClN2O3S/c1-5-6-9-22-13(3)19(12(2)21-24)26-18(22)11-16(23)15-10-14(20)7-8-17(15)25-4/h7-8,10-12H,5-6,9H2,1-4H3.